The highest BCUT2D eigenvalue weighted by molar-refractivity contribution is 9.11. The van der Waals surface area contributed by atoms with Gasteiger partial charge in [0.1, 0.15) is 0 Å². The molecule has 2 heterocycles. The molecule has 6 nitrogen and oxygen atoms in total. The molecule has 2 rings (SSSR count). The monoisotopic (exact) mass is 343 g/mol. The molecule has 1 amide bonds. The van der Waals surface area contributed by atoms with Crippen LogP contribution in [0, 0.1) is 0 Å². The Bertz CT molecular complexity index is 622. The van der Waals surface area contributed by atoms with Crippen LogP contribution in [0.25, 0.3) is 0 Å². The normalized spacial score (nSPS) is 12.1. The predicted molar refractivity (Wildman–Crippen MR) is 73.1 cm³/mol. The predicted octanol–water partition coefficient (Wildman–Crippen LogP) is 1.80. The number of hydrogen-bond donors (Lipinski definition) is 2. The van der Waals surface area contributed by atoms with E-state index in [1.807, 2.05) is 0 Å². The topological polar surface area (TPSA) is 84.2 Å². The van der Waals surface area contributed by atoms with E-state index in [9.17, 15) is 14.7 Å². The van der Waals surface area contributed by atoms with Crippen molar-refractivity contribution in [2.45, 2.75) is 6.04 Å². The van der Waals surface area contributed by atoms with Crippen molar-refractivity contribution < 1.29 is 14.7 Å². The summed E-state index contributed by atoms with van der Waals surface area (Å²) in [6.07, 6.45) is 2.98. The molecule has 2 N–H and O–H groups in total. The molecule has 19 heavy (non-hydrogen) atoms. The number of aromatic nitrogens is 2. The van der Waals surface area contributed by atoms with Crippen LogP contribution in [0.4, 0.5) is 0 Å². The van der Waals surface area contributed by atoms with Crippen molar-refractivity contribution in [3.63, 3.8) is 0 Å². The lowest BCUT2D eigenvalue weighted by molar-refractivity contribution is -0.139. The third-order valence-corrected chi connectivity index (χ3v) is 4.00. The molecule has 0 saturated carbocycles. The van der Waals surface area contributed by atoms with Crippen LogP contribution in [0.15, 0.2) is 28.3 Å². The average Bonchev–Trinajstić information content (AvgIpc) is 2.94. The number of aryl methyl sites for hydroxylation is 1. The lowest BCUT2D eigenvalue weighted by Gasteiger charge is -2.11. The second-order valence-electron chi connectivity index (χ2n) is 3.80. The minimum absolute atomic E-state index is 0.424. The summed E-state index contributed by atoms with van der Waals surface area (Å²) in [5, 5.41) is 15.6. The van der Waals surface area contributed by atoms with Crippen molar-refractivity contribution in [2.24, 2.45) is 7.05 Å². The van der Waals surface area contributed by atoms with Gasteiger partial charge in [0, 0.05) is 18.8 Å². The first-order valence-electron chi connectivity index (χ1n) is 5.25. The maximum Gasteiger partial charge on any atom is 0.331 e. The average molecular weight is 344 g/mol. The van der Waals surface area contributed by atoms with Crippen LogP contribution in [0.3, 0.4) is 0 Å². The largest absolute Gasteiger partial charge is 0.479 e. The van der Waals surface area contributed by atoms with E-state index in [2.05, 4.69) is 26.3 Å². The van der Waals surface area contributed by atoms with E-state index in [4.69, 9.17) is 0 Å². The molecule has 100 valence electrons. The van der Waals surface area contributed by atoms with E-state index in [0.29, 0.717) is 10.4 Å². The van der Waals surface area contributed by atoms with Gasteiger partial charge in [-0.3, -0.25) is 9.48 Å². The zero-order valence-electron chi connectivity index (χ0n) is 9.83. The number of rotatable bonds is 4. The van der Waals surface area contributed by atoms with Gasteiger partial charge in [-0.05, 0) is 28.1 Å². The van der Waals surface area contributed by atoms with Crippen LogP contribution in [0.5, 0.6) is 0 Å². The summed E-state index contributed by atoms with van der Waals surface area (Å²) in [5.74, 6) is -1.55. The Morgan fingerprint density at radius 2 is 2.26 bits per heavy atom. The van der Waals surface area contributed by atoms with Crippen LogP contribution >= 0.6 is 27.3 Å². The number of carbonyl (C=O) groups is 2. The third kappa shape index (κ3) is 3.21. The van der Waals surface area contributed by atoms with E-state index in [0.717, 1.165) is 3.79 Å². The van der Waals surface area contributed by atoms with Crippen LogP contribution in [0.2, 0.25) is 0 Å². The van der Waals surface area contributed by atoms with Gasteiger partial charge < -0.3 is 10.4 Å². The fourth-order valence-electron chi connectivity index (χ4n) is 1.52. The van der Waals surface area contributed by atoms with Gasteiger partial charge >= 0.3 is 5.97 Å². The SMILES string of the molecule is Cn1cc(C(NC(=O)c2ccc(Br)s2)C(=O)O)cn1. The number of thiophene rings is 1. The van der Waals surface area contributed by atoms with Gasteiger partial charge in [-0.25, -0.2) is 4.79 Å². The molecule has 0 fully saturated rings. The Balaban J connectivity index is 2.18. The maximum atomic E-state index is 11.9. The molecular formula is C11H10BrN3O3S. The number of nitrogens with zero attached hydrogens (tertiary/aromatic N) is 2. The Hall–Kier alpha value is -1.67. The second-order valence-corrected chi connectivity index (χ2v) is 6.26. The number of carbonyl (C=O) groups excluding carboxylic acids is 1. The van der Waals surface area contributed by atoms with Gasteiger partial charge in [0.05, 0.1) is 14.9 Å². The second kappa shape index (κ2) is 5.54. The minimum Gasteiger partial charge on any atom is -0.479 e. The zero-order chi connectivity index (χ0) is 14.0. The van der Waals surface area contributed by atoms with Crippen LogP contribution in [-0.2, 0) is 11.8 Å². The summed E-state index contributed by atoms with van der Waals surface area (Å²) in [7, 11) is 1.68. The number of aliphatic carboxylic acids is 1. The zero-order valence-corrected chi connectivity index (χ0v) is 12.2. The Morgan fingerprint density at radius 1 is 1.53 bits per heavy atom. The van der Waals surface area contributed by atoms with Gasteiger partial charge in [-0.15, -0.1) is 11.3 Å². The van der Waals surface area contributed by atoms with Crippen LogP contribution in [-0.4, -0.2) is 26.8 Å². The molecule has 1 unspecified atom stereocenters. The summed E-state index contributed by atoms with van der Waals surface area (Å²) >= 11 is 4.49. The molecule has 8 heteroatoms. The highest BCUT2D eigenvalue weighted by atomic mass is 79.9. The third-order valence-electron chi connectivity index (χ3n) is 2.38. The number of carboxylic acids is 1. The van der Waals surface area contributed by atoms with Gasteiger partial charge in [-0.1, -0.05) is 0 Å². The smallest absolute Gasteiger partial charge is 0.331 e. The molecule has 2 aromatic rings. The molecule has 0 aliphatic heterocycles. The first-order valence-corrected chi connectivity index (χ1v) is 6.86. The molecule has 0 radical (unpaired) electrons. The first kappa shape index (κ1) is 13.8. The maximum absolute atomic E-state index is 11.9. The lowest BCUT2D eigenvalue weighted by atomic mass is 10.1. The highest BCUT2D eigenvalue weighted by Gasteiger charge is 2.24. The number of hydrogen-bond acceptors (Lipinski definition) is 4. The number of amides is 1. The van der Waals surface area contributed by atoms with Gasteiger partial charge in [0.2, 0.25) is 0 Å². The van der Waals surface area contributed by atoms with Crippen molar-refractivity contribution >= 4 is 39.1 Å². The van der Waals surface area contributed by atoms with E-state index in [-0.39, 0.29) is 0 Å². The fourth-order valence-corrected chi connectivity index (χ4v) is 2.80. The number of carboxylic acid groups (broad SMARTS) is 1. The summed E-state index contributed by atoms with van der Waals surface area (Å²) in [6, 6.07) is 2.26. The molecule has 2 aromatic heterocycles. The Labute approximate surface area is 121 Å². The molecule has 0 aliphatic carbocycles. The Morgan fingerprint density at radius 3 is 2.74 bits per heavy atom. The number of halogens is 1. The highest BCUT2D eigenvalue weighted by Crippen LogP contribution is 2.23. The quantitative estimate of drug-likeness (QED) is 0.886. The van der Waals surface area contributed by atoms with Gasteiger partial charge in [0.25, 0.3) is 5.91 Å². The summed E-state index contributed by atoms with van der Waals surface area (Å²) in [6.45, 7) is 0. The molecule has 1 atom stereocenters. The molecule has 0 aromatic carbocycles. The first-order chi connectivity index (χ1) is 8.97. The lowest BCUT2D eigenvalue weighted by Crippen LogP contribution is -2.33. The fraction of sp³-hybridized carbons (Fsp3) is 0.182. The Kier molecular flexibility index (Phi) is 4.01. The van der Waals surface area contributed by atoms with Gasteiger partial charge in [0.15, 0.2) is 6.04 Å². The van der Waals surface area contributed by atoms with E-state index in [1.54, 1.807) is 25.4 Å². The van der Waals surface area contributed by atoms with Crippen molar-refractivity contribution in [3.8, 4) is 0 Å². The molecule has 0 spiro atoms. The summed E-state index contributed by atoms with van der Waals surface area (Å²) < 4.78 is 2.30. The van der Waals surface area contributed by atoms with Crippen molar-refractivity contribution in [3.05, 3.63) is 38.8 Å². The van der Waals surface area contributed by atoms with E-state index >= 15 is 0 Å². The molecule has 0 bridgehead atoms. The summed E-state index contributed by atoms with van der Waals surface area (Å²) in [5.41, 5.74) is 0.430. The van der Waals surface area contributed by atoms with Crippen molar-refractivity contribution in [1.82, 2.24) is 15.1 Å². The summed E-state index contributed by atoms with van der Waals surface area (Å²) in [4.78, 5) is 23.6. The standard InChI is InChI=1S/C11H10BrN3O3S/c1-15-5-6(4-13-15)9(11(17)18)14-10(16)7-2-3-8(12)19-7/h2-5,9H,1H3,(H,14,16)(H,17,18). The van der Waals surface area contributed by atoms with Crippen LogP contribution < -0.4 is 5.32 Å². The minimum atomic E-state index is -1.13. The van der Waals surface area contributed by atoms with E-state index in [1.165, 1.54) is 22.2 Å². The number of nitrogens with one attached hydrogen (secondary N) is 1. The molecule has 0 saturated heterocycles. The van der Waals surface area contributed by atoms with Gasteiger partial charge in [-0.2, -0.15) is 5.10 Å². The molecule has 0 aliphatic rings. The van der Waals surface area contributed by atoms with E-state index < -0.39 is 17.9 Å². The molecular weight excluding hydrogens is 334 g/mol. The van der Waals surface area contributed by atoms with Crippen molar-refractivity contribution in [1.29, 1.82) is 0 Å². The van der Waals surface area contributed by atoms with Crippen molar-refractivity contribution in [2.75, 3.05) is 0 Å². The van der Waals surface area contributed by atoms with Crippen LogP contribution in [0.1, 0.15) is 21.3 Å².